The number of sulfonamides is 1. The lowest BCUT2D eigenvalue weighted by Crippen LogP contribution is -2.24. The Morgan fingerprint density at radius 2 is 2.05 bits per heavy atom. The van der Waals surface area contributed by atoms with Crippen LogP contribution in [0.3, 0.4) is 0 Å². The number of nitrogens with zero attached hydrogens (tertiary/aromatic N) is 2. The number of benzene rings is 1. The molecule has 0 saturated heterocycles. The average molecular weight is 306 g/mol. The van der Waals surface area contributed by atoms with Crippen LogP contribution >= 0.6 is 0 Å². The fourth-order valence-corrected chi connectivity index (χ4v) is 3.06. The zero-order chi connectivity index (χ0) is 15.2. The SMILES string of the molecule is CS(=O)(=O)Nn1nc(C(N)=O)c2c1-c1ccccc1CC2. The van der Waals surface area contributed by atoms with E-state index in [1.165, 1.54) is 0 Å². The Morgan fingerprint density at radius 1 is 1.33 bits per heavy atom. The molecule has 0 aliphatic heterocycles. The van der Waals surface area contributed by atoms with E-state index in [0.717, 1.165) is 28.6 Å². The van der Waals surface area contributed by atoms with Crippen molar-refractivity contribution in [1.82, 2.24) is 9.89 Å². The van der Waals surface area contributed by atoms with E-state index in [1.54, 1.807) is 0 Å². The van der Waals surface area contributed by atoms with Crippen LogP contribution in [0.5, 0.6) is 0 Å². The molecule has 0 fully saturated rings. The maximum atomic E-state index is 11.5. The number of amides is 1. The van der Waals surface area contributed by atoms with Gasteiger partial charge in [0.15, 0.2) is 5.69 Å². The van der Waals surface area contributed by atoms with Crippen molar-refractivity contribution in [3.8, 4) is 11.3 Å². The van der Waals surface area contributed by atoms with Crippen LogP contribution in [0.15, 0.2) is 24.3 Å². The number of nitrogens with one attached hydrogen (secondary N) is 1. The third-order valence-electron chi connectivity index (χ3n) is 3.39. The highest BCUT2D eigenvalue weighted by molar-refractivity contribution is 7.91. The molecule has 0 bridgehead atoms. The van der Waals surface area contributed by atoms with Crippen molar-refractivity contribution in [1.29, 1.82) is 0 Å². The molecule has 110 valence electrons. The molecule has 0 saturated carbocycles. The number of aryl methyl sites for hydroxylation is 1. The Labute approximate surface area is 121 Å². The fourth-order valence-electron chi connectivity index (χ4n) is 2.61. The summed E-state index contributed by atoms with van der Waals surface area (Å²) in [7, 11) is -3.53. The van der Waals surface area contributed by atoms with Gasteiger partial charge in [-0.15, -0.1) is 5.10 Å². The molecule has 0 atom stereocenters. The summed E-state index contributed by atoms with van der Waals surface area (Å²) in [5.41, 5.74) is 8.65. The zero-order valence-corrected chi connectivity index (χ0v) is 12.1. The second kappa shape index (κ2) is 4.59. The molecular weight excluding hydrogens is 292 g/mol. The van der Waals surface area contributed by atoms with E-state index in [1.807, 2.05) is 24.3 Å². The first kappa shape index (κ1) is 13.6. The van der Waals surface area contributed by atoms with Crippen molar-refractivity contribution >= 4 is 15.9 Å². The maximum absolute atomic E-state index is 11.5. The number of hydrogen-bond acceptors (Lipinski definition) is 4. The quantitative estimate of drug-likeness (QED) is 0.847. The minimum atomic E-state index is -3.53. The van der Waals surface area contributed by atoms with Crippen molar-refractivity contribution in [2.75, 3.05) is 11.1 Å². The van der Waals surface area contributed by atoms with Gasteiger partial charge in [0, 0.05) is 11.1 Å². The third-order valence-corrected chi connectivity index (χ3v) is 3.89. The van der Waals surface area contributed by atoms with E-state index in [2.05, 4.69) is 9.93 Å². The number of primary amides is 1. The van der Waals surface area contributed by atoms with E-state index in [9.17, 15) is 13.2 Å². The normalized spacial score (nSPS) is 13.4. The van der Waals surface area contributed by atoms with Gasteiger partial charge in [-0.1, -0.05) is 24.3 Å². The smallest absolute Gasteiger partial charge is 0.269 e. The zero-order valence-electron chi connectivity index (χ0n) is 11.3. The summed E-state index contributed by atoms with van der Waals surface area (Å²) in [5.74, 6) is -0.667. The molecule has 0 radical (unpaired) electrons. The van der Waals surface area contributed by atoms with Crippen molar-refractivity contribution in [3.63, 3.8) is 0 Å². The minimum absolute atomic E-state index is 0.107. The Hall–Kier alpha value is -2.35. The summed E-state index contributed by atoms with van der Waals surface area (Å²) in [6, 6.07) is 7.62. The molecule has 8 heteroatoms. The molecule has 3 N–H and O–H groups in total. The van der Waals surface area contributed by atoms with Gasteiger partial charge in [-0.3, -0.25) is 4.79 Å². The van der Waals surface area contributed by atoms with Crippen molar-refractivity contribution in [2.24, 2.45) is 5.73 Å². The lowest BCUT2D eigenvalue weighted by molar-refractivity contribution is 0.0994. The largest absolute Gasteiger partial charge is 0.364 e. The number of fused-ring (bicyclic) bond motifs is 3. The van der Waals surface area contributed by atoms with Crippen LogP contribution in [0.2, 0.25) is 0 Å². The van der Waals surface area contributed by atoms with Gasteiger partial charge in [-0.2, -0.15) is 4.79 Å². The molecule has 1 aliphatic carbocycles. The highest BCUT2D eigenvalue weighted by atomic mass is 32.2. The second-order valence-electron chi connectivity index (χ2n) is 4.97. The Morgan fingerprint density at radius 3 is 2.71 bits per heavy atom. The summed E-state index contributed by atoms with van der Waals surface area (Å²) in [4.78, 5) is 15.0. The van der Waals surface area contributed by atoms with Gasteiger partial charge in [0.25, 0.3) is 5.91 Å². The van der Waals surface area contributed by atoms with Crippen LogP contribution < -0.4 is 10.6 Å². The summed E-state index contributed by atoms with van der Waals surface area (Å²) >= 11 is 0. The summed E-state index contributed by atoms with van der Waals surface area (Å²) < 4.78 is 23.0. The molecule has 2 aromatic rings. The van der Waals surface area contributed by atoms with Crippen LogP contribution in [0, 0.1) is 0 Å². The molecular formula is C13H14N4O3S. The van der Waals surface area contributed by atoms with E-state index in [-0.39, 0.29) is 5.69 Å². The van der Waals surface area contributed by atoms with Crippen LogP contribution in [0.25, 0.3) is 11.3 Å². The topological polar surface area (TPSA) is 107 Å². The number of rotatable bonds is 3. The molecule has 1 amide bonds. The van der Waals surface area contributed by atoms with E-state index in [4.69, 9.17) is 5.73 Å². The maximum Gasteiger partial charge on any atom is 0.269 e. The summed E-state index contributed by atoms with van der Waals surface area (Å²) in [5, 5.41) is 4.03. The number of carbonyl (C=O) groups excluding carboxylic acids is 1. The standard InChI is InChI=1S/C13H14N4O3S/c1-21(19,20)16-17-12-9-5-3-2-4-8(9)6-7-10(12)11(15-17)13(14)18/h2-5,16H,6-7H2,1H3,(H2,14,18). The number of carbonyl (C=O) groups is 1. The monoisotopic (exact) mass is 306 g/mol. The number of hydrogen-bond donors (Lipinski definition) is 2. The minimum Gasteiger partial charge on any atom is -0.364 e. The second-order valence-corrected chi connectivity index (χ2v) is 6.70. The third kappa shape index (κ3) is 2.38. The number of aromatic nitrogens is 2. The van der Waals surface area contributed by atoms with Crippen LogP contribution in [-0.4, -0.2) is 30.5 Å². The Kier molecular flexibility index (Phi) is 2.98. The fraction of sp³-hybridized carbons (Fsp3) is 0.231. The van der Waals surface area contributed by atoms with Gasteiger partial charge >= 0.3 is 0 Å². The Balaban J connectivity index is 2.27. The average Bonchev–Trinajstić information content (AvgIpc) is 2.76. The van der Waals surface area contributed by atoms with Gasteiger partial charge in [-0.05, 0) is 18.4 Å². The first-order valence-electron chi connectivity index (χ1n) is 6.34. The van der Waals surface area contributed by atoms with Crippen LogP contribution in [-0.2, 0) is 22.9 Å². The van der Waals surface area contributed by atoms with Crippen molar-refractivity contribution < 1.29 is 13.2 Å². The van der Waals surface area contributed by atoms with Crippen LogP contribution in [0.1, 0.15) is 21.6 Å². The Bertz CT molecular complexity index is 839. The van der Waals surface area contributed by atoms with E-state index >= 15 is 0 Å². The lowest BCUT2D eigenvalue weighted by atomic mass is 9.89. The lowest BCUT2D eigenvalue weighted by Gasteiger charge is -2.18. The first-order valence-corrected chi connectivity index (χ1v) is 8.24. The predicted molar refractivity (Wildman–Crippen MR) is 77.8 cm³/mol. The summed E-state index contributed by atoms with van der Waals surface area (Å²) in [6.45, 7) is 0. The highest BCUT2D eigenvalue weighted by Gasteiger charge is 2.28. The molecule has 1 aromatic carbocycles. The molecule has 7 nitrogen and oxygen atoms in total. The molecule has 3 rings (SSSR count). The predicted octanol–water partition coefficient (Wildman–Crippen LogP) is 0.251. The first-order chi connectivity index (χ1) is 9.87. The van der Waals surface area contributed by atoms with Gasteiger partial charge in [0.05, 0.1) is 11.9 Å². The highest BCUT2D eigenvalue weighted by Crippen LogP contribution is 2.34. The van der Waals surface area contributed by atoms with Crippen molar-refractivity contribution in [2.45, 2.75) is 12.8 Å². The molecule has 21 heavy (non-hydrogen) atoms. The van der Waals surface area contributed by atoms with E-state index < -0.39 is 15.9 Å². The molecule has 1 aliphatic rings. The molecule has 0 spiro atoms. The van der Waals surface area contributed by atoms with Gasteiger partial charge in [-0.25, -0.2) is 13.2 Å². The van der Waals surface area contributed by atoms with Gasteiger partial charge < -0.3 is 5.73 Å². The van der Waals surface area contributed by atoms with Gasteiger partial charge in [0.2, 0.25) is 10.0 Å². The van der Waals surface area contributed by atoms with E-state index in [0.29, 0.717) is 17.7 Å². The van der Waals surface area contributed by atoms with Crippen LogP contribution in [0.4, 0.5) is 0 Å². The number of nitrogens with two attached hydrogens (primary N) is 1. The summed E-state index contributed by atoms with van der Waals surface area (Å²) in [6.07, 6.45) is 2.38. The van der Waals surface area contributed by atoms with Crippen molar-refractivity contribution in [3.05, 3.63) is 41.1 Å². The molecule has 1 aromatic heterocycles. The molecule has 0 unspecified atom stereocenters. The molecule has 1 heterocycles. The van der Waals surface area contributed by atoms with Gasteiger partial charge in [0.1, 0.15) is 0 Å².